The Hall–Kier alpha value is -2.65. The first-order valence-corrected chi connectivity index (χ1v) is 5.77. The molecule has 3 aromatic rings. The molecule has 0 saturated heterocycles. The summed E-state index contributed by atoms with van der Waals surface area (Å²) in [7, 11) is 0. The highest BCUT2D eigenvalue weighted by Gasteiger charge is 2.10. The molecule has 92 valence electrons. The van der Waals surface area contributed by atoms with E-state index < -0.39 is 0 Å². The fraction of sp³-hybridized carbons (Fsp3) is 0. The van der Waals surface area contributed by atoms with Crippen LogP contribution in [-0.4, -0.2) is 19.6 Å². The van der Waals surface area contributed by atoms with E-state index in [-0.39, 0.29) is 5.15 Å². The van der Waals surface area contributed by atoms with Gasteiger partial charge in [-0.3, -0.25) is 4.98 Å². The van der Waals surface area contributed by atoms with Gasteiger partial charge in [-0.25, -0.2) is 4.98 Å². The minimum atomic E-state index is 0.288. The fourth-order valence-corrected chi connectivity index (χ4v) is 1.87. The van der Waals surface area contributed by atoms with Crippen LogP contribution in [0.3, 0.4) is 0 Å². The van der Waals surface area contributed by atoms with Crippen molar-refractivity contribution in [1.82, 2.24) is 19.6 Å². The van der Waals surface area contributed by atoms with Crippen LogP contribution in [0.5, 0.6) is 0 Å². The van der Waals surface area contributed by atoms with Crippen LogP contribution in [0.1, 0.15) is 5.56 Å². The molecule has 0 aliphatic carbocycles. The molecule has 0 saturated carbocycles. The minimum absolute atomic E-state index is 0.288. The van der Waals surface area contributed by atoms with Crippen molar-refractivity contribution in [3.63, 3.8) is 0 Å². The maximum absolute atomic E-state index is 8.98. The number of pyridine rings is 1. The van der Waals surface area contributed by atoms with E-state index in [4.69, 9.17) is 16.9 Å². The number of nitrogens with zero attached hydrogens (tertiary/aromatic N) is 5. The van der Waals surface area contributed by atoms with E-state index in [1.54, 1.807) is 18.5 Å². The quantitative estimate of drug-likeness (QED) is 0.723. The number of fused-ring (bicyclic) bond motifs is 1. The van der Waals surface area contributed by atoms with Gasteiger partial charge in [0.25, 0.3) is 0 Å². The van der Waals surface area contributed by atoms with E-state index in [9.17, 15) is 0 Å². The average Bonchev–Trinajstić information content (AvgIpc) is 2.83. The number of hydrogen-bond donors (Lipinski definition) is 1. The van der Waals surface area contributed by atoms with Crippen molar-refractivity contribution in [3.05, 3.63) is 47.5 Å². The summed E-state index contributed by atoms with van der Waals surface area (Å²) in [4.78, 5) is 8.11. The molecule has 0 bridgehead atoms. The second-order valence-corrected chi connectivity index (χ2v) is 4.12. The second kappa shape index (κ2) is 4.55. The lowest BCUT2D eigenvalue weighted by atomic mass is 10.4. The number of halogens is 1. The van der Waals surface area contributed by atoms with Gasteiger partial charge in [-0.05, 0) is 12.1 Å². The number of nitriles is 1. The van der Waals surface area contributed by atoms with E-state index >= 15 is 0 Å². The third-order valence-corrected chi connectivity index (χ3v) is 2.69. The standard InChI is InChI=1S/C12H7ClN6/c13-10-4-11(17-9-2-1-3-15-7-9)19-12(18-10)8(5-14)6-16-19/h1-4,6-7,17H. The van der Waals surface area contributed by atoms with Crippen molar-refractivity contribution in [1.29, 1.82) is 5.26 Å². The van der Waals surface area contributed by atoms with Crippen molar-refractivity contribution in [2.75, 3.05) is 5.32 Å². The van der Waals surface area contributed by atoms with E-state index in [2.05, 4.69) is 20.4 Å². The Kier molecular flexibility index (Phi) is 2.74. The number of nitrogens with one attached hydrogen (secondary N) is 1. The molecule has 0 spiro atoms. The largest absolute Gasteiger partial charge is 0.339 e. The number of hydrogen-bond acceptors (Lipinski definition) is 5. The van der Waals surface area contributed by atoms with Crippen molar-refractivity contribution in [2.24, 2.45) is 0 Å². The molecule has 19 heavy (non-hydrogen) atoms. The first-order chi connectivity index (χ1) is 9.28. The smallest absolute Gasteiger partial charge is 0.176 e. The Labute approximate surface area is 113 Å². The molecule has 0 aliphatic rings. The van der Waals surface area contributed by atoms with Crippen LogP contribution in [0.4, 0.5) is 11.5 Å². The molecular weight excluding hydrogens is 264 g/mol. The van der Waals surface area contributed by atoms with Gasteiger partial charge in [0.2, 0.25) is 0 Å². The molecule has 0 aliphatic heterocycles. The molecule has 0 aromatic carbocycles. The molecule has 7 heteroatoms. The summed E-state index contributed by atoms with van der Waals surface area (Å²) in [5.41, 5.74) is 1.58. The van der Waals surface area contributed by atoms with Crippen LogP contribution >= 0.6 is 11.6 Å². The molecule has 0 fully saturated rings. The van der Waals surface area contributed by atoms with Gasteiger partial charge in [0, 0.05) is 12.3 Å². The minimum Gasteiger partial charge on any atom is -0.339 e. The van der Waals surface area contributed by atoms with Crippen LogP contribution in [0.15, 0.2) is 36.8 Å². The summed E-state index contributed by atoms with van der Waals surface area (Å²) in [5.74, 6) is 0.615. The van der Waals surface area contributed by atoms with Crippen LogP contribution in [-0.2, 0) is 0 Å². The lowest BCUT2D eigenvalue weighted by Gasteiger charge is -2.08. The predicted molar refractivity (Wildman–Crippen MR) is 70.2 cm³/mol. The monoisotopic (exact) mass is 270 g/mol. The van der Waals surface area contributed by atoms with E-state index in [0.717, 1.165) is 5.69 Å². The molecule has 0 atom stereocenters. The van der Waals surface area contributed by atoms with Gasteiger partial charge >= 0.3 is 0 Å². The average molecular weight is 271 g/mol. The van der Waals surface area contributed by atoms with Crippen LogP contribution < -0.4 is 5.32 Å². The zero-order valence-corrected chi connectivity index (χ0v) is 10.3. The number of rotatable bonds is 2. The maximum Gasteiger partial charge on any atom is 0.176 e. The third kappa shape index (κ3) is 2.07. The molecule has 6 nitrogen and oxygen atoms in total. The van der Waals surface area contributed by atoms with Crippen molar-refractivity contribution in [3.8, 4) is 6.07 Å². The Balaban J connectivity index is 2.14. The van der Waals surface area contributed by atoms with Crippen molar-refractivity contribution in [2.45, 2.75) is 0 Å². The van der Waals surface area contributed by atoms with Gasteiger partial charge in [-0.15, -0.1) is 0 Å². The first kappa shape index (κ1) is 11.4. The summed E-state index contributed by atoms with van der Waals surface area (Å²) in [5, 5.41) is 16.5. The highest BCUT2D eigenvalue weighted by atomic mass is 35.5. The van der Waals surface area contributed by atoms with Crippen LogP contribution in [0, 0.1) is 11.3 Å². The molecule has 3 heterocycles. The molecule has 0 unspecified atom stereocenters. The lowest BCUT2D eigenvalue weighted by molar-refractivity contribution is 0.947. The Morgan fingerprint density at radius 2 is 2.26 bits per heavy atom. The highest BCUT2D eigenvalue weighted by molar-refractivity contribution is 6.29. The zero-order chi connectivity index (χ0) is 13.2. The first-order valence-electron chi connectivity index (χ1n) is 5.39. The summed E-state index contributed by atoms with van der Waals surface area (Å²) in [6, 6.07) is 7.33. The predicted octanol–water partition coefficient (Wildman–Crippen LogP) is 2.39. The van der Waals surface area contributed by atoms with Gasteiger partial charge in [0.1, 0.15) is 22.6 Å². The Morgan fingerprint density at radius 1 is 1.37 bits per heavy atom. The van der Waals surface area contributed by atoms with Gasteiger partial charge in [-0.1, -0.05) is 11.6 Å². The number of anilines is 2. The van der Waals surface area contributed by atoms with Crippen molar-refractivity contribution >= 4 is 28.8 Å². The van der Waals surface area contributed by atoms with E-state index in [1.165, 1.54) is 10.7 Å². The summed E-state index contributed by atoms with van der Waals surface area (Å²) >= 11 is 5.96. The highest BCUT2D eigenvalue weighted by Crippen LogP contribution is 2.21. The molecule has 3 rings (SSSR count). The maximum atomic E-state index is 8.98. The van der Waals surface area contributed by atoms with Crippen molar-refractivity contribution < 1.29 is 0 Å². The van der Waals surface area contributed by atoms with Gasteiger partial charge < -0.3 is 5.32 Å². The van der Waals surface area contributed by atoms with Crippen LogP contribution in [0.2, 0.25) is 5.15 Å². The molecule has 0 amide bonds. The third-order valence-electron chi connectivity index (χ3n) is 2.49. The van der Waals surface area contributed by atoms with E-state index in [0.29, 0.717) is 17.0 Å². The Bertz CT molecular complexity index is 774. The summed E-state index contributed by atoms with van der Waals surface area (Å²) in [6.07, 6.45) is 4.81. The van der Waals surface area contributed by atoms with Gasteiger partial charge in [0.15, 0.2) is 5.65 Å². The lowest BCUT2D eigenvalue weighted by Crippen LogP contribution is -2.01. The molecular formula is C12H7ClN6. The van der Waals surface area contributed by atoms with Crippen LogP contribution in [0.25, 0.3) is 5.65 Å². The second-order valence-electron chi connectivity index (χ2n) is 3.74. The number of aromatic nitrogens is 4. The summed E-state index contributed by atoms with van der Waals surface area (Å²) < 4.78 is 1.53. The molecule has 0 radical (unpaired) electrons. The van der Waals surface area contributed by atoms with Gasteiger partial charge in [-0.2, -0.15) is 14.9 Å². The van der Waals surface area contributed by atoms with E-state index in [1.807, 2.05) is 18.2 Å². The Morgan fingerprint density at radius 3 is 3.00 bits per heavy atom. The van der Waals surface area contributed by atoms with Gasteiger partial charge in [0.05, 0.1) is 18.1 Å². The summed E-state index contributed by atoms with van der Waals surface area (Å²) in [6.45, 7) is 0. The molecule has 1 N–H and O–H groups in total. The zero-order valence-electron chi connectivity index (χ0n) is 9.58. The fourth-order valence-electron chi connectivity index (χ4n) is 1.69. The molecule has 3 aromatic heterocycles. The topological polar surface area (TPSA) is 78.9 Å². The SMILES string of the molecule is N#Cc1cnn2c(Nc3cccnc3)cc(Cl)nc12. The normalized spacial score (nSPS) is 10.3.